The molecule has 0 aromatic heterocycles. The highest BCUT2D eigenvalue weighted by Crippen LogP contribution is 2.30. The van der Waals surface area contributed by atoms with Gasteiger partial charge in [0.2, 0.25) is 0 Å². The van der Waals surface area contributed by atoms with E-state index in [0.717, 1.165) is 31.9 Å². The Balaban J connectivity index is 2.40. The predicted molar refractivity (Wildman–Crippen MR) is 82.7 cm³/mol. The minimum atomic E-state index is 0.296. The molecule has 1 rings (SSSR count). The molecule has 0 radical (unpaired) electrons. The molecular weight excluding hydrogens is 234 g/mol. The number of benzene rings is 1. The van der Waals surface area contributed by atoms with E-state index >= 15 is 0 Å². The van der Waals surface area contributed by atoms with E-state index in [1.54, 1.807) is 0 Å². The minimum absolute atomic E-state index is 0.296. The van der Waals surface area contributed by atoms with Crippen LogP contribution in [0.15, 0.2) is 30.3 Å². The summed E-state index contributed by atoms with van der Waals surface area (Å²) in [7, 11) is 0. The van der Waals surface area contributed by atoms with Crippen LogP contribution >= 0.6 is 0 Å². The Morgan fingerprint density at radius 2 is 1.89 bits per heavy atom. The smallest absolute Gasteiger partial charge is 0.119 e. The minimum Gasteiger partial charge on any atom is -0.494 e. The van der Waals surface area contributed by atoms with Gasteiger partial charge in [-0.15, -0.1) is 0 Å². The molecule has 0 aliphatic rings. The molecule has 1 aromatic rings. The van der Waals surface area contributed by atoms with Gasteiger partial charge < -0.3 is 10.1 Å². The van der Waals surface area contributed by atoms with Gasteiger partial charge in [0.1, 0.15) is 5.75 Å². The van der Waals surface area contributed by atoms with E-state index in [1.165, 1.54) is 6.42 Å². The molecule has 0 fully saturated rings. The fourth-order valence-corrected chi connectivity index (χ4v) is 2.05. The van der Waals surface area contributed by atoms with Gasteiger partial charge in [-0.05, 0) is 42.9 Å². The third-order valence-corrected chi connectivity index (χ3v) is 4.03. The maximum Gasteiger partial charge on any atom is 0.119 e. The van der Waals surface area contributed by atoms with Crippen molar-refractivity contribution in [2.24, 2.45) is 11.3 Å². The van der Waals surface area contributed by atoms with Crippen LogP contribution < -0.4 is 10.1 Å². The molecule has 2 nitrogen and oxygen atoms in total. The molecule has 1 unspecified atom stereocenters. The van der Waals surface area contributed by atoms with E-state index in [-0.39, 0.29) is 0 Å². The molecule has 1 aromatic carbocycles. The van der Waals surface area contributed by atoms with Gasteiger partial charge in [-0.2, -0.15) is 0 Å². The zero-order chi connectivity index (χ0) is 14.1. The Kier molecular flexibility index (Phi) is 6.93. The monoisotopic (exact) mass is 263 g/mol. The molecule has 1 N–H and O–H groups in total. The maximum absolute atomic E-state index is 5.83. The highest BCUT2D eigenvalue weighted by molar-refractivity contribution is 5.20. The van der Waals surface area contributed by atoms with Crippen LogP contribution in [0.25, 0.3) is 0 Å². The topological polar surface area (TPSA) is 21.3 Å². The number of ether oxygens (including phenoxy) is 1. The molecular formula is C17H29NO. The number of nitrogens with one attached hydrogen (secondary N) is 1. The Bertz CT molecular complexity index is 336. The van der Waals surface area contributed by atoms with Gasteiger partial charge in [-0.1, -0.05) is 45.9 Å². The van der Waals surface area contributed by atoms with Crippen molar-refractivity contribution in [1.82, 2.24) is 5.32 Å². The van der Waals surface area contributed by atoms with Crippen LogP contribution in [-0.2, 0) is 0 Å². The second kappa shape index (κ2) is 8.21. The fourth-order valence-electron chi connectivity index (χ4n) is 2.05. The zero-order valence-corrected chi connectivity index (χ0v) is 12.9. The Hall–Kier alpha value is -1.02. The molecule has 0 saturated heterocycles. The van der Waals surface area contributed by atoms with Gasteiger partial charge in [0.15, 0.2) is 0 Å². The fraction of sp³-hybridized carbons (Fsp3) is 0.647. The molecule has 0 amide bonds. The molecule has 0 saturated carbocycles. The van der Waals surface area contributed by atoms with Crippen molar-refractivity contribution in [2.75, 3.05) is 19.7 Å². The first kappa shape index (κ1) is 16.0. The van der Waals surface area contributed by atoms with Gasteiger partial charge in [-0.25, -0.2) is 0 Å². The Morgan fingerprint density at radius 3 is 2.47 bits per heavy atom. The van der Waals surface area contributed by atoms with E-state index in [0.29, 0.717) is 11.3 Å². The van der Waals surface area contributed by atoms with Crippen LogP contribution in [0, 0.1) is 11.3 Å². The molecule has 0 aliphatic carbocycles. The van der Waals surface area contributed by atoms with E-state index in [1.807, 2.05) is 30.3 Å². The van der Waals surface area contributed by atoms with Crippen molar-refractivity contribution in [2.45, 2.75) is 40.5 Å². The van der Waals surface area contributed by atoms with Crippen molar-refractivity contribution < 1.29 is 4.74 Å². The van der Waals surface area contributed by atoms with E-state index in [9.17, 15) is 0 Å². The maximum atomic E-state index is 5.83. The summed E-state index contributed by atoms with van der Waals surface area (Å²) in [5, 5.41) is 3.55. The molecule has 108 valence electrons. The second-order valence-electron chi connectivity index (χ2n) is 5.90. The summed E-state index contributed by atoms with van der Waals surface area (Å²) in [6.07, 6.45) is 2.27. The van der Waals surface area contributed by atoms with Crippen molar-refractivity contribution in [3.05, 3.63) is 30.3 Å². The first-order valence-electron chi connectivity index (χ1n) is 7.47. The van der Waals surface area contributed by atoms with Gasteiger partial charge in [-0.3, -0.25) is 0 Å². The van der Waals surface area contributed by atoms with Crippen LogP contribution in [0.4, 0.5) is 0 Å². The molecule has 1 atom stereocenters. The standard InChI is InChI=1S/C17H29NO/c1-5-12-18-14-17(4,15(2)3)11-13-19-16-9-7-6-8-10-16/h6-10,15,18H,5,11-14H2,1-4H3. The average Bonchev–Trinajstić information content (AvgIpc) is 2.40. The normalized spacial score (nSPS) is 14.4. The van der Waals surface area contributed by atoms with Gasteiger partial charge in [0, 0.05) is 6.54 Å². The zero-order valence-electron chi connectivity index (χ0n) is 12.9. The van der Waals surface area contributed by atoms with Crippen LogP contribution in [0.1, 0.15) is 40.5 Å². The lowest BCUT2D eigenvalue weighted by Crippen LogP contribution is -2.37. The second-order valence-corrected chi connectivity index (χ2v) is 5.90. The van der Waals surface area contributed by atoms with Crippen molar-refractivity contribution in [3.8, 4) is 5.75 Å². The molecule has 0 spiro atoms. The Morgan fingerprint density at radius 1 is 1.21 bits per heavy atom. The quantitative estimate of drug-likeness (QED) is 0.677. The highest BCUT2D eigenvalue weighted by atomic mass is 16.5. The van der Waals surface area contributed by atoms with Crippen molar-refractivity contribution >= 4 is 0 Å². The molecule has 0 bridgehead atoms. The van der Waals surface area contributed by atoms with Crippen molar-refractivity contribution in [3.63, 3.8) is 0 Å². The van der Waals surface area contributed by atoms with Gasteiger partial charge in [0.25, 0.3) is 0 Å². The first-order chi connectivity index (χ1) is 9.08. The third-order valence-electron chi connectivity index (χ3n) is 4.03. The van der Waals surface area contributed by atoms with E-state index in [2.05, 4.69) is 33.0 Å². The van der Waals surface area contributed by atoms with Crippen LogP contribution in [0.2, 0.25) is 0 Å². The summed E-state index contributed by atoms with van der Waals surface area (Å²) < 4.78 is 5.83. The molecule has 0 aliphatic heterocycles. The number of hydrogen-bond acceptors (Lipinski definition) is 2. The van der Waals surface area contributed by atoms with Gasteiger partial charge in [0.05, 0.1) is 6.61 Å². The SMILES string of the molecule is CCCNCC(C)(CCOc1ccccc1)C(C)C. The van der Waals surface area contributed by atoms with Crippen molar-refractivity contribution in [1.29, 1.82) is 0 Å². The summed E-state index contributed by atoms with van der Waals surface area (Å²) in [4.78, 5) is 0. The summed E-state index contributed by atoms with van der Waals surface area (Å²) in [6.45, 7) is 12.1. The molecule has 19 heavy (non-hydrogen) atoms. The lowest BCUT2D eigenvalue weighted by molar-refractivity contribution is 0.151. The largest absolute Gasteiger partial charge is 0.494 e. The molecule has 2 heteroatoms. The molecule has 0 heterocycles. The van der Waals surface area contributed by atoms with Crippen LogP contribution in [-0.4, -0.2) is 19.7 Å². The number of rotatable bonds is 9. The highest BCUT2D eigenvalue weighted by Gasteiger charge is 2.27. The van der Waals surface area contributed by atoms with Crippen LogP contribution in [0.3, 0.4) is 0 Å². The number of para-hydroxylation sites is 1. The van der Waals surface area contributed by atoms with E-state index in [4.69, 9.17) is 4.74 Å². The third kappa shape index (κ3) is 5.65. The van der Waals surface area contributed by atoms with E-state index < -0.39 is 0 Å². The lowest BCUT2D eigenvalue weighted by Gasteiger charge is -2.34. The summed E-state index contributed by atoms with van der Waals surface area (Å²) >= 11 is 0. The van der Waals surface area contributed by atoms with Crippen LogP contribution in [0.5, 0.6) is 5.75 Å². The first-order valence-corrected chi connectivity index (χ1v) is 7.47. The number of hydrogen-bond donors (Lipinski definition) is 1. The summed E-state index contributed by atoms with van der Waals surface area (Å²) in [5.74, 6) is 1.62. The summed E-state index contributed by atoms with van der Waals surface area (Å²) in [5.41, 5.74) is 0.296. The Labute approximate surface area is 118 Å². The van der Waals surface area contributed by atoms with Gasteiger partial charge >= 0.3 is 0 Å². The average molecular weight is 263 g/mol. The lowest BCUT2D eigenvalue weighted by atomic mass is 9.76. The summed E-state index contributed by atoms with van der Waals surface area (Å²) in [6, 6.07) is 10.1. The predicted octanol–water partition coefficient (Wildman–Crippen LogP) is 4.12.